The molecule has 0 N–H and O–H groups in total. The molecule has 2 aliphatic rings. The van der Waals surface area contributed by atoms with Crippen molar-refractivity contribution in [1.29, 1.82) is 0 Å². The summed E-state index contributed by atoms with van der Waals surface area (Å²) >= 11 is 5.89. The summed E-state index contributed by atoms with van der Waals surface area (Å²) in [6, 6.07) is 7.03. The third-order valence-corrected chi connectivity index (χ3v) is 5.01. The monoisotopic (exact) mass is 379 g/mol. The Morgan fingerprint density at radius 1 is 1.08 bits per heavy atom. The van der Waals surface area contributed by atoms with Gasteiger partial charge >= 0.3 is 6.09 Å². The van der Waals surface area contributed by atoms with Crippen LogP contribution in [0.15, 0.2) is 24.3 Å². The van der Waals surface area contributed by atoms with Gasteiger partial charge in [-0.2, -0.15) is 0 Å². The number of ether oxygens (including phenoxy) is 1. The number of halogens is 1. The first-order valence-corrected chi connectivity index (χ1v) is 9.16. The maximum atomic E-state index is 12.8. The van der Waals surface area contributed by atoms with Crippen LogP contribution in [0.2, 0.25) is 5.02 Å². The minimum Gasteiger partial charge on any atom is -0.450 e. The van der Waals surface area contributed by atoms with Gasteiger partial charge in [-0.15, -0.1) is 0 Å². The molecule has 2 fully saturated rings. The standard InChI is InChI=1S/C18H22ClN3O4/c1-2-26-18(25)21-11-9-20(10-12-21)16(23)15-7-8-22(17(15)24)14-5-3-13(19)4-6-14/h3-6,15H,2,7-12H2,1H3. The van der Waals surface area contributed by atoms with Crippen molar-refractivity contribution in [3.63, 3.8) is 0 Å². The lowest BCUT2D eigenvalue weighted by atomic mass is 10.1. The van der Waals surface area contributed by atoms with Gasteiger partial charge in [0.05, 0.1) is 6.61 Å². The summed E-state index contributed by atoms with van der Waals surface area (Å²) in [5.41, 5.74) is 0.752. The van der Waals surface area contributed by atoms with Crippen molar-refractivity contribution < 1.29 is 19.1 Å². The average Bonchev–Trinajstić information content (AvgIpc) is 3.03. The Morgan fingerprint density at radius 3 is 2.31 bits per heavy atom. The van der Waals surface area contributed by atoms with Crippen molar-refractivity contribution in [2.24, 2.45) is 5.92 Å². The van der Waals surface area contributed by atoms with Crippen LogP contribution >= 0.6 is 11.6 Å². The molecule has 2 aliphatic heterocycles. The number of benzene rings is 1. The Kier molecular flexibility index (Phi) is 5.66. The molecule has 8 heteroatoms. The molecule has 7 nitrogen and oxygen atoms in total. The fraction of sp³-hybridized carbons (Fsp3) is 0.500. The highest BCUT2D eigenvalue weighted by Crippen LogP contribution is 2.27. The summed E-state index contributed by atoms with van der Waals surface area (Å²) in [6.07, 6.45) is 0.142. The average molecular weight is 380 g/mol. The number of carbonyl (C=O) groups is 3. The summed E-state index contributed by atoms with van der Waals surface area (Å²) in [7, 11) is 0. The van der Waals surface area contributed by atoms with Crippen LogP contribution in [0.4, 0.5) is 10.5 Å². The molecule has 0 aromatic heterocycles. The number of hydrogen-bond donors (Lipinski definition) is 0. The van der Waals surface area contributed by atoms with Crippen molar-refractivity contribution in [2.45, 2.75) is 13.3 Å². The zero-order valence-electron chi connectivity index (χ0n) is 14.7. The van der Waals surface area contributed by atoms with Crippen molar-refractivity contribution in [1.82, 2.24) is 9.80 Å². The van der Waals surface area contributed by atoms with E-state index in [0.29, 0.717) is 50.8 Å². The van der Waals surface area contributed by atoms with E-state index in [1.165, 1.54) is 0 Å². The lowest BCUT2D eigenvalue weighted by Crippen LogP contribution is -2.52. The molecular weight excluding hydrogens is 358 g/mol. The minimum absolute atomic E-state index is 0.157. The highest BCUT2D eigenvalue weighted by molar-refractivity contribution is 6.30. The van der Waals surface area contributed by atoms with Gasteiger partial charge in [-0.3, -0.25) is 9.59 Å². The number of carbonyl (C=O) groups excluding carboxylic acids is 3. The molecule has 2 saturated heterocycles. The van der Waals surface area contributed by atoms with E-state index in [4.69, 9.17) is 16.3 Å². The Balaban J connectivity index is 1.58. The Hall–Kier alpha value is -2.28. The zero-order valence-corrected chi connectivity index (χ0v) is 15.4. The summed E-state index contributed by atoms with van der Waals surface area (Å²) < 4.78 is 4.98. The maximum Gasteiger partial charge on any atom is 0.409 e. The SMILES string of the molecule is CCOC(=O)N1CCN(C(=O)C2CCN(c3ccc(Cl)cc3)C2=O)CC1. The molecule has 3 amide bonds. The molecule has 1 unspecified atom stereocenters. The second kappa shape index (κ2) is 7.95. The predicted molar refractivity (Wildman–Crippen MR) is 97.1 cm³/mol. The fourth-order valence-electron chi connectivity index (χ4n) is 3.33. The Bertz CT molecular complexity index is 686. The predicted octanol–water partition coefficient (Wildman–Crippen LogP) is 1.99. The van der Waals surface area contributed by atoms with E-state index in [1.807, 2.05) is 0 Å². The molecule has 0 saturated carbocycles. The molecule has 0 bridgehead atoms. The lowest BCUT2D eigenvalue weighted by Gasteiger charge is -2.35. The van der Waals surface area contributed by atoms with E-state index >= 15 is 0 Å². The zero-order chi connectivity index (χ0) is 18.7. The fourth-order valence-corrected chi connectivity index (χ4v) is 3.46. The molecule has 0 radical (unpaired) electrons. The smallest absolute Gasteiger partial charge is 0.409 e. The molecule has 1 aromatic carbocycles. The molecule has 1 aromatic rings. The molecule has 140 valence electrons. The van der Waals surface area contributed by atoms with Gasteiger partial charge in [-0.25, -0.2) is 4.79 Å². The normalized spacial score (nSPS) is 20.5. The first-order valence-electron chi connectivity index (χ1n) is 8.78. The molecule has 0 aliphatic carbocycles. The summed E-state index contributed by atoms with van der Waals surface area (Å²) in [5, 5.41) is 0.604. The van der Waals surface area contributed by atoms with Crippen LogP contribution in [-0.2, 0) is 14.3 Å². The number of anilines is 1. The van der Waals surface area contributed by atoms with Gasteiger partial charge in [-0.05, 0) is 37.6 Å². The second-order valence-corrected chi connectivity index (χ2v) is 6.76. The van der Waals surface area contributed by atoms with Crippen LogP contribution in [0.25, 0.3) is 0 Å². The van der Waals surface area contributed by atoms with Gasteiger partial charge in [0.1, 0.15) is 5.92 Å². The van der Waals surface area contributed by atoms with Crippen LogP contribution in [0.1, 0.15) is 13.3 Å². The van der Waals surface area contributed by atoms with Crippen molar-refractivity contribution in [3.8, 4) is 0 Å². The highest BCUT2D eigenvalue weighted by Gasteiger charge is 2.40. The van der Waals surface area contributed by atoms with Gasteiger partial charge in [0.2, 0.25) is 11.8 Å². The van der Waals surface area contributed by atoms with Gasteiger partial charge in [-0.1, -0.05) is 11.6 Å². The first-order chi connectivity index (χ1) is 12.5. The molecule has 1 atom stereocenters. The van der Waals surface area contributed by atoms with Crippen LogP contribution in [-0.4, -0.2) is 67.0 Å². The quantitative estimate of drug-likeness (QED) is 0.753. The van der Waals surface area contributed by atoms with E-state index < -0.39 is 5.92 Å². The number of hydrogen-bond acceptors (Lipinski definition) is 4. The van der Waals surface area contributed by atoms with E-state index in [2.05, 4.69) is 0 Å². The number of piperazine rings is 1. The molecule has 0 spiro atoms. The van der Waals surface area contributed by atoms with Crippen LogP contribution < -0.4 is 4.90 Å². The largest absolute Gasteiger partial charge is 0.450 e. The third-order valence-electron chi connectivity index (χ3n) is 4.76. The third kappa shape index (κ3) is 3.77. The van der Waals surface area contributed by atoms with Crippen LogP contribution in [0, 0.1) is 5.92 Å². The Labute approximate surface area is 157 Å². The van der Waals surface area contributed by atoms with E-state index in [0.717, 1.165) is 5.69 Å². The van der Waals surface area contributed by atoms with E-state index in [-0.39, 0.29) is 17.9 Å². The van der Waals surface area contributed by atoms with Crippen molar-refractivity contribution in [3.05, 3.63) is 29.3 Å². The Morgan fingerprint density at radius 2 is 1.69 bits per heavy atom. The van der Waals surface area contributed by atoms with Crippen LogP contribution in [0.3, 0.4) is 0 Å². The number of rotatable bonds is 3. The van der Waals surface area contributed by atoms with Crippen LogP contribution in [0.5, 0.6) is 0 Å². The van der Waals surface area contributed by atoms with Gasteiger partial charge in [0.25, 0.3) is 0 Å². The molecule has 2 heterocycles. The van der Waals surface area contributed by atoms with E-state index in [9.17, 15) is 14.4 Å². The number of nitrogens with zero attached hydrogens (tertiary/aromatic N) is 3. The highest BCUT2D eigenvalue weighted by atomic mass is 35.5. The topological polar surface area (TPSA) is 70.2 Å². The molecular formula is C18H22ClN3O4. The molecule has 3 rings (SSSR count). The summed E-state index contributed by atoms with van der Waals surface area (Å²) in [4.78, 5) is 42.1. The summed E-state index contributed by atoms with van der Waals surface area (Å²) in [6.45, 7) is 4.29. The van der Waals surface area contributed by atoms with Gasteiger partial charge in [0.15, 0.2) is 0 Å². The minimum atomic E-state index is -0.653. The first kappa shape index (κ1) is 18.5. The lowest BCUT2D eigenvalue weighted by molar-refractivity contribution is -0.141. The molecule has 26 heavy (non-hydrogen) atoms. The second-order valence-electron chi connectivity index (χ2n) is 6.32. The van der Waals surface area contributed by atoms with Gasteiger partial charge < -0.3 is 19.4 Å². The summed E-state index contributed by atoms with van der Waals surface area (Å²) in [5.74, 6) is -0.986. The van der Waals surface area contributed by atoms with E-state index in [1.54, 1.807) is 45.9 Å². The van der Waals surface area contributed by atoms with Crippen molar-refractivity contribution in [2.75, 3.05) is 44.2 Å². The van der Waals surface area contributed by atoms with Crippen molar-refractivity contribution >= 4 is 35.2 Å². The van der Waals surface area contributed by atoms with Gasteiger partial charge in [0, 0.05) is 43.4 Å². The number of amides is 3. The maximum absolute atomic E-state index is 12.8.